The van der Waals surface area contributed by atoms with Gasteiger partial charge in [-0.1, -0.05) is 44.2 Å². The van der Waals surface area contributed by atoms with Crippen LogP contribution in [0.3, 0.4) is 0 Å². The average molecular weight is 352 g/mol. The largest absolute Gasteiger partial charge is 0.324 e. The Morgan fingerprint density at radius 2 is 1.92 bits per heavy atom. The van der Waals surface area contributed by atoms with Crippen molar-refractivity contribution in [3.8, 4) is 0 Å². The van der Waals surface area contributed by atoms with E-state index in [2.05, 4.69) is 39.8 Å². The molecule has 0 radical (unpaired) electrons. The van der Waals surface area contributed by atoms with Crippen LogP contribution in [-0.2, 0) is 6.54 Å². The number of aryl methyl sites for hydroxylation is 2. The number of carbonyl (C=O) groups excluding carboxylic acids is 1. The second-order valence-electron chi connectivity index (χ2n) is 6.64. The number of nitrogens with zero attached hydrogens (tertiary/aromatic N) is 3. The molecule has 1 aromatic carbocycles. The fourth-order valence-corrected chi connectivity index (χ4v) is 2.69. The summed E-state index contributed by atoms with van der Waals surface area (Å²) in [6, 6.07) is 11.6. The lowest BCUT2D eigenvalue weighted by Crippen LogP contribution is -2.22. The quantitative estimate of drug-likeness (QED) is 0.647. The molecule has 0 spiro atoms. The summed E-state index contributed by atoms with van der Waals surface area (Å²) in [5.74, 6) is 0.933. The monoisotopic (exact) mass is 352 g/mol. The third-order valence-corrected chi connectivity index (χ3v) is 4.17. The molecule has 0 aliphatic heterocycles. The number of anilines is 2. The molecule has 26 heavy (non-hydrogen) atoms. The van der Waals surface area contributed by atoms with Crippen LogP contribution in [0.2, 0.25) is 0 Å². The van der Waals surface area contributed by atoms with Crippen molar-refractivity contribution in [1.29, 1.82) is 0 Å². The second kappa shape index (κ2) is 7.43. The number of hydrogen-bond acceptors (Lipinski definition) is 3. The van der Waals surface area contributed by atoms with Gasteiger partial charge in [-0.15, -0.1) is 0 Å². The van der Waals surface area contributed by atoms with Gasteiger partial charge in [0.1, 0.15) is 5.82 Å². The molecule has 2 aromatic heterocycles. The van der Waals surface area contributed by atoms with Crippen LogP contribution in [0.5, 0.6) is 0 Å². The van der Waals surface area contributed by atoms with Crippen LogP contribution in [-0.4, -0.2) is 26.0 Å². The minimum atomic E-state index is -0.317. The lowest BCUT2D eigenvalue weighted by atomic mass is 10.1. The van der Waals surface area contributed by atoms with Crippen molar-refractivity contribution >= 4 is 17.5 Å². The Bertz CT molecular complexity index is 875. The molecule has 0 bridgehead atoms. The van der Waals surface area contributed by atoms with Gasteiger partial charge in [0.15, 0.2) is 0 Å². The highest BCUT2D eigenvalue weighted by Gasteiger charge is 2.15. The number of rotatable bonds is 5. The van der Waals surface area contributed by atoms with Gasteiger partial charge in [0.2, 0.25) is 0 Å². The molecule has 7 nitrogen and oxygen atoms in total. The zero-order valence-corrected chi connectivity index (χ0v) is 15.5. The number of carbonyl (C=O) groups is 1. The Morgan fingerprint density at radius 1 is 1.19 bits per heavy atom. The van der Waals surface area contributed by atoms with Crippen molar-refractivity contribution in [1.82, 2.24) is 20.0 Å². The van der Waals surface area contributed by atoms with E-state index in [-0.39, 0.29) is 11.9 Å². The van der Waals surface area contributed by atoms with Crippen molar-refractivity contribution in [3.63, 3.8) is 0 Å². The number of amides is 2. The smallest absolute Gasteiger partial charge is 0.304 e. The molecule has 0 fully saturated rings. The fourth-order valence-electron chi connectivity index (χ4n) is 2.69. The third-order valence-electron chi connectivity index (χ3n) is 4.17. The highest BCUT2D eigenvalue weighted by molar-refractivity contribution is 6.00. The lowest BCUT2D eigenvalue weighted by Gasteiger charge is -2.10. The van der Waals surface area contributed by atoms with Crippen LogP contribution < -0.4 is 10.6 Å². The predicted octanol–water partition coefficient (Wildman–Crippen LogP) is 4.04. The maximum atomic E-state index is 12.5. The van der Waals surface area contributed by atoms with Crippen LogP contribution >= 0.6 is 0 Å². The van der Waals surface area contributed by atoms with Crippen molar-refractivity contribution in [2.45, 2.75) is 40.2 Å². The minimum Gasteiger partial charge on any atom is -0.304 e. The summed E-state index contributed by atoms with van der Waals surface area (Å²) in [5.41, 5.74) is 4.32. The topological polar surface area (TPSA) is 87.6 Å². The predicted molar refractivity (Wildman–Crippen MR) is 103 cm³/mol. The van der Waals surface area contributed by atoms with E-state index in [1.807, 2.05) is 54.9 Å². The molecule has 2 amide bonds. The Balaban J connectivity index is 1.80. The van der Waals surface area contributed by atoms with E-state index >= 15 is 0 Å². The minimum absolute atomic E-state index is 0.272. The van der Waals surface area contributed by atoms with Gasteiger partial charge in [0.05, 0.1) is 29.3 Å². The average Bonchev–Trinajstić information content (AvgIpc) is 3.14. The van der Waals surface area contributed by atoms with E-state index in [0.29, 0.717) is 18.1 Å². The van der Waals surface area contributed by atoms with Crippen LogP contribution in [0.4, 0.5) is 16.3 Å². The molecule has 2 heterocycles. The zero-order chi connectivity index (χ0) is 18.7. The van der Waals surface area contributed by atoms with E-state index in [0.717, 1.165) is 22.6 Å². The van der Waals surface area contributed by atoms with E-state index in [9.17, 15) is 4.79 Å². The summed E-state index contributed by atoms with van der Waals surface area (Å²) in [7, 11) is 0. The van der Waals surface area contributed by atoms with E-state index < -0.39 is 0 Å². The van der Waals surface area contributed by atoms with E-state index in [1.165, 1.54) is 0 Å². The van der Waals surface area contributed by atoms with Crippen LogP contribution in [0.15, 0.2) is 36.4 Å². The number of benzene rings is 1. The maximum absolute atomic E-state index is 12.5. The second-order valence-corrected chi connectivity index (χ2v) is 6.64. The maximum Gasteiger partial charge on any atom is 0.324 e. The summed E-state index contributed by atoms with van der Waals surface area (Å²) in [6.07, 6.45) is 0. The third kappa shape index (κ3) is 3.93. The summed E-state index contributed by atoms with van der Waals surface area (Å²) in [6.45, 7) is 8.46. The first-order valence-electron chi connectivity index (χ1n) is 8.65. The molecule has 0 unspecified atom stereocenters. The summed E-state index contributed by atoms with van der Waals surface area (Å²) in [4.78, 5) is 12.5. The molecule has 0 saturated carbocycles. The van der Waals surface area contributed by atoms with Gasteiger partial charge in [0, 0.05) is 6.07 Å². The molecule has 0 aliphatic carbocycles. The summed E-state index contributed by atoms with van der Waals surface area (Å²) < 4.78 is 1.82. The molecule has 0 saturated heterocycles. The number of aromatic amines is 1. The summed E-state index contributed by atoms with van der Waals surface area (Å²) in [5, 5.41) is 17.4. The van der Waals surface area contributed by atoms with Crippen molar-refractivity contribution in [3.05, 3.63) is 59.0 Å². The first-order valence-corrected chi connectivity index (χ1v) is 8.65. The Hall–Kier alpha value is -3.09. The van der Waals surface area contributed by atoms with Gasteiger partial charge in [-0.2, -0.15) is 10.2 Å². The van der Waals surface area contributed by atoms with Gasteiger partial charge in [-0.3, -0.25) is 10.4 Å². The Labute approximate surface area is 152 Å². The number of nitrogens with one attached hydrogen (secondary N) is 3. The molecular weight excluding hydrogens is 328 g/mol. The first kappa shape index (κ1) is 17.7. The number of urea groups is 1. The molecule has 3 rings (SSSR count). The zero-order valence-electron chi connectivity index (χ0n) is 15.5. The molecule has 3 N–H and O–H groups in total. The highest BCUT2D eigenvalue weighted by Crippen LogP contribution is 2.21. The SMILES string of the molecule is Cc1n[nH]c(C)c1NC(=O)Nc1cc(C(C)C)nn1Cc1ccccc1. The van der Waals surface area contributed by atoms with Gasteiger partial charge < -0.3 is 5.32 Å². The van der Waals surface area contributed by atoms with Crippen LogP contribution in [0, 0.1) is 13.8 Å². The molecule has 0 atom stereocenters. The normalized spacial score (nSPS) is 11.0. The molecule has 0 aliphatic rings. The van der Waals surface area contributed by atoms with E-state index in [1.54, 1.807) is 0 Å². The molecule has 3 aromatic rings. The first-order chi connectivity index (χ1) is 12.4. The van der Waals surface area contributed by atoms with E-state index in [4.69, 9.17) is 0 Å². The number of aromatic nitrogens is 4. The molecule has 136 valence electrons. The van der Waals surface area contributed by atoms with Gasteiger partial charge in [-0.25, -0.2) is 9.48 Å². The standard InChI is InChI=1S/C19H24N6O/c1-12(2)16-10-17(25(24-16)11-15-8-6-5-7-9-15)20-19(26)21-18-13(3)22-23-14(18)4/h5-10,12H,11H2,1-4H3,(H,22,23)(H2,20,21,26). The molecule has 7 heteroatoms. The van der Waals surface area contributed by atoms with Gasteiger partial charge >= 0.3 is 6.03 Å². The van der Waals surface area contributed by atoms with Gasteiger partial charge in [-0.05, 0) is 25.3 Å². The lowest BCUT2D eigenvalue weighted by molar-refractivity contribution is 0.262. The van der Waals surface area contributed by atoms with Crippen molar-refractivity contribution in [2.75, 3.05) is 10.6 Å². The Kier molecular flexibility index (Phi) is 5.06. The van der Waals surface area contributed by atoms with Crippen molar-refractivity contribution in [2.24, 2.45) is 0 Å². The Morgan fingerprint density at radius 3 is 2.54 bits per heavy atom. The van der Waals surface area contributed by atoms with Crippen LogP contribution in [0.1, 0.15) is 42.4 Å². The highest BCUT2D eigenvalue weighted by atomic mass is 16.2. The number of H-pyrrole nitrogens is 1. The summed E-state index contributed by atoms with van der Waals surface area (Å²) >= 11 is 0. The van der Waals surface area contributed by atoms with Gasteiger partial charge in [0.25, 0.3) is 0 Å². The molecular formula is C19H24N6O. The fraction of sp³-hybridized carbons (Fsp3) is 0.316. The van der Waals surface area contributed by atoms with Crippen molar-refractivity contribution < 1.29 is 4.79 Å². The number of hydrogen-bond donors (Lipinski definition) is 3. The van der Waals surface area contributed by atoms with Crippen LogP contribution in [0.25, 0.3) is 0 Å².